The van der Waals surface area contributed by atoms with E-state index in [1.807, 2.05) is 24.3 Å². The summed E-state index contributed by atoms with van der Waals surface area (Å²) >= 11 is 0. The van der Waals surface area contributed by atoms with Crippen LogP contribution >= 0.6 is 0 Å². The molecule has 1 aliphatic rings. The maximum atomic E-state index is 11.9. The number of amides is 1. The molecule has 1 heterocycles. The number of para-hydroxylation sites is 1. The quantitative estimate of drug-likeness (QED) is 0.840. The van der Waals surface area contributed by atoms with E-state index in [4.69, 9.17) is 14.6 Å². The summed E-state index contributed by atoms with van der Waals surface area (Å²) in [5.74, 6) is 0.639. The highest BCUT2D eigenvalue weighted by Crippen LogP contribution is 2.18. The summed E-state index contributed by atoms with van der Waals surface area (Å²) in [4.78, 5) is 13.7. The van der Waals surface area contributed by atoms with E-state index in [0.29, 0.717) is 38.5 Å². The van der Waals surface area contributed by atoms with Gasteiger partial charge in [0, 0.05) is 19.7 Å². The van der Waals surface area contributed by atoms with Crippen LogP contribution in [0.5, 0.6) is 5.75 Å². The zero-order valence-corrected chi connectivity index (χ0v) is 10.9. The summed E-state index contributed by atoms with van der Waals surface area (Å²) in [7, 11) is 0. The molecule has 0 atom stereocenters. The number of hydrogen-bond donors (Lipinski definition) is 1. The van der Waals surface area contributed by atoms with E-state index in [1.165, 1.54) is 0 Å². The number of aliphatic hydroxyl groups is 1. The van der Waals surface area contributed by atoms with Crippen molar-refractivity contribution in [3.8, 4) is 5.75 Å². The van der Waals surface area contributed by atoms with Crippen molar-refractivity contribution in [3.63, 3.8) is 0 Å². The largest absolute Gasteiger partial charge is 0.483 e. The Hall–Kier alpha value is -1.59. The van der Waals surface area contributed by atoms with Crippen LogP contribution in [-0.2, 0) is 16.0 Å². The number of carbonyl (C=O) groups is 1. The average Bonchev–Trinajstić information content (AvgIpc) is 2.47. The molecule has 1 aliphatic heterocycles. The van der Waals surface area contributed by atoms with Crippen LogP contribution in [0.3, 0.4) is 0 Å². The molecule has 0 saturated carbocycles. The van der Waals surface area contributed by atoms with Gasteiger partial charge in [-0.3, -0.25) is 4.79 Å². The second kappa shape index (κ2) is 7.11. The van der Waals surface area contributed by atoms with Gasteiger partial charge in [-0.2, -0.15) is 0 Å². The van der Waals surface area contributed by atoms with Crippen LogP contribution in [0.15, 0.2) is 24.3 Å². The van der Waals surface area contributed by atoms with Gasteiger partial charge in [-0.05, 0) is 18.1 Å². The summed E-state index contributed by atoms with van der Waals surface area (Å²) in [6, 6.07) is 7.46. The van der Waals surface area contributed by atoms with E-state index < -0.39 is 0 Å². The predicted molar refractivity (Wildman–Crippen MR) is 70.1 cm³/mol. The van der Waals surface area contributed by atoms with Crippen molar-refractivity contribution in [1.29, 1.82) is 0 Å². The first kappa shape index (κ1) is 13.8. The van der Waals surface area contributed by atoms with Gasteiger partial charge in [-0.15, -0.1) is 0 Å². The molecule has 2 rings (SSSR count). The minimum atomic E-state index is -0.0258. The van der Waals surface area contributed by atoms with E-state index in [1.54, 1.807) is 4.90 Å². The van der Waals surface area contributed by atoms with E-state index in [2.05, 4.69) is 0 Å². The number of aliphatic hydroxyl groups excluding tert-OH is 1. The lowest BCUT2D eigenvalue weighted by molar-refractivity contribution is -0.137. The lowest BCUT2D eigenvalue weighted by Gasteiger charge is -2.26. The smallest absolute Gasteiger partial charge is 0.260 e. The Morgan fingerprint density at radius 1 is 1.32 bits per heavy atom. The van der Waals surface area contributed by atoms with Gasteiger partial charge in [0.1, 0.15) is 5.75 Å². The van der Waals surface area contributed by atoms with Crippen molar-refractivity contribution in [1.82, 2.24) is 4.90 Å². The fourth-order valence-corrected chi connectivity index (χ4v) is 2.02. The molecule has 1 N–H and O–H groups in total. The van der Waals surface area contributed by atoms with Crippen molar-refractivity contribution in [2.24, 2.45) is 0 Å². The normalized spacial score (nSPS) is 15.3. The highest BCUT2D eigenvalue weighted by molar-refractivity contribution is 5.77. The van der Waals surface area contributed by atoms with Gasteiger partial charge in [0.2, 0.25) is 0 Å². The third-order valence-electron chi connectivity index (χ3n) is 3.07. The maximum absolute atomic E-state index is 11.9. The fraction of sp³-hybridized carbons (Fsp3) is 0.500. The molecule has 19 heavy (non-hydrogen) atoms. The Morgan fingerprint density at radius 2 is 2.05 bits per heavy atom. The van der Waals surface area contributed by atoms with Crippen molar-refractivity contribution in [2.75, 3.05) is 39.5 Å². The molecule has 1 aromatic rings. The minimum absolute atomic E-state index is 0.0258. The molecular weight excluding hydrogens is 246 g/mol. The monoisotopic (exact) mass is 265 g/mol. The number of rotatable bonds is 5. The van der Waals surface area contributed by atoms with Crippen LogP contribution < -0.4 is 4.74 Å². The molecule has 5 nitrogen and oxygen atoms in total. The lowest BCUT2D eigenvalue weighted by atomic mass is 10.1. The van der Waals surface area contributed by atoms with Crippen LogP contribution in [0.1, 0.15) is 5.56 Å². The van der Waals surface area contributed by atoms with Crippen LogP contribution in [0.25, 0.3) is 0 Å². The van der Waals surface area contributed by atoms with Crippen molar-refractivity contribution in [3.05, 3.63) is 29.8 Å². The van der Waals surface area contributed by atoms with Gasteiger partial charge in [-0.25, -0.2) is 0 Å². The number of nitrogens with zero attached hydrogens (tertiary/aromatic N) is 1. The first-order chi connectivity index (χ1) is 9.31. The molecule has 0 aliphatic carbocycles. The highest BCUT2D eigenvalue weighted by atomic mass is 16.5. The Morgan fingerprint density at radius 3 is 2.79 bits per heavy atom. The molecule has 0 aromatic heterocycles. The van der Waals surface area contributed by atoms with Gasteiger partial charge in [0.25, 0.3) is 5.91 Å². The Labute approximate surface area is 112 Å². The molecule has 1 fully saturated rings. The van der Waals surface area contributed by atoms with Crippen LogP contribution in [0.2, 0.25) is 0 Å². The van der Waals surface area contributed by atoms with Gasteiger partial charge in [-0.1, -0.05) is 18.2 Å². The van der Waals surface area contributed by atoms with Crippen LogP contribution in [0.4, 0.5) is 0 Å². The maximum Gasteiger partial charge on any atom is 0.260 e. The molecule has 0 unspecified atom stereocenters. The van der Waals surface area contributed by atoms with Crippen molar-refractivity contribution in [2.45, 2.75) is 6.42 Å². The standard InChI is InChI=1S/C14H19NO4/c16-8-5-12-3-1-2-4-13(12)19-11-14(17)15-6-9-18-10-7-15/h1-4,16H,5-11H2. The van der Waals surface area contributed by atoms with E-state index >= 15 is 0 Å². The zero-order chi connectivity index (χ0) is 13.5. The SMILES string of the molecule is O=C(COc1ccccc1CCO)N1CCOCC1. The van der Waals surface area contributed by atoms with Gasteiger partial charge in [0.15, 0.2) is 6.61 Å². The number of ether oxygens (including phenoxy) is 2. The minimum Gasteiger partial charge on any atom is -0.483 e. The van der Waals surface area contributed by atoms with Crippen LogP contribution in [0, 0.1) is 0 Å². The molecule has 0 spiro atoms. The Kier molecular flexibility index (Phi) is 5.18. The second-order valence-electron chi connectivity index (χ2n) is 4.36. The summed E-state index contributed by atoms with van der Waals surface area (Å²) < 4.78 is 10.8. The van der Waals surface area contributed by atoms with E-state index in [0.717, 1.165) is 5.56 Å². The number of carbonyl (C=O) groups excluding carboxylic acids is 1. The topological polar surface area (TPSA) is 59.0 Å². The zero-order valence-electron chi connectivity index (χ0n) is 10.9. The number of morpholine rings is 1. The molecular formula is C14H19NO4. The first-order valence-electron chi connectivity index (χ1n) is 6.48. The molecule has 0 radical (unpaired) electrons. The van der Waals surface area contributed by atoms with Crippen LogP contribution in [-0.4, -0.2) is 55.4 Å². The average molecular weight is 265 g/mol. The number of benzene rings is 1. The van der Waals surface area contributed by atoms with E-state index in [-0.39, 0.29) is 19.1 Å². The molecule has 1 saturated heterocycles. The predicted octanol–water partition coefficient (Wildman–Crippen LogP) is 0.459. The molecule has 1 aromatic carbocycles. The van der Waals surface area contributed by atoms with Gasteiger partial charge >= 0.3 is 0 Å². The second-order valence-corrected chi connectivity index (χ2v) is 4.36. The molecule has 104 valence electrons. The third-order valence-corrected chi connectivity index (χ3v) is 3.07. The molecule has 5 heteroatoms. The molecule has 1 amide bonds. The van der Waals surface area contributed by atoms with Crippen molar-refractivity contribution >= 4 is 5.91 Å². The van der Waals surface area contributed by atoms with Crippen molar-refractivity contribution < 1.29 is 19.4 Å². The first-order valence-corrected chi connectivity index (χ1v) is 6.48. The van der Waals surface area contributed by atoms with Gasteiger partial charge < -0.3 is 19.5 Å². The summed E-state index contributed by atoms with van der Waals surface area (Å²) in [6.07, 6.45) is 0.530. The Balaban J connectivity index is 1.89. The van der Waals surface area contributed by atoms with Gasteiger partial charge in [0.05, 0.1) is 13.2 Å². The third kappa shape index (κ3) is 3.94. The lowest BCUT2D eigenvalue weighted by Crippen LogP contribution is -2.43. The highest BCUT2D eigenvalue weighted by Gasteiger charge is 2.17. The summed E-state index contributed by atoms with van der Waals surface area (Å²) in [5.41, 5.74) is 0.916. The summed E-state index contributed by atoms with van der Waals surface area (Å²) in [6.45, 7) is 2.53. The fourth-order valence-electron chi connectivity index (χ4n) is 2.02. The number of hydrogen-bond acceptors (Lipinski definition) is 4. The Bertz CT molecular complexity index is 416. The van der Waals surface area contributed by atoms with E-state index in [9.17, 15) is 4.79 Å². The molecule has 0 bridgehead atoms. The summed E-state index contributed by atoms with van der Waals surface area (Å²) in [5, 5.41) is 8.98.